The Labute approximate surface area is 126 Å². The molecule has 0 aliphatic carbocycles. The van der Waals surface area contributed by atoms with Gasteiger partial charge in [0.2, 0.25) is 0 Å². The first-order chi connectivity index (χ1) is 10.5. The molecule has 1 saturated heterocycles. The van der Waals surface area contributed by atoms with Crippen molar-refractivity contribution in [3.05, 3.63) is 59.9 Å². The highest BCUT2D eigenvalue weighted by Crippen LogP contribution is 2.33. The van der Waals surface area contributed by atoms with Gasteiger partial charge in [0.15, 0.2) is 0 Å². The Morgan fingerprint density at radius 2 is 1.77 bits per heavy atom. The third kappa shape index (κ3) is 3.39. The standard InChI is InChI=1S/C16H15F3N2O/c17-16(18,19)15-4-2-1-3-12(15)9-21-10-14(11-21)22-13-5-7-20-8-6-13/h1-8,14H,9-11H2. The van der Waals surface area contributed by atoms with E-state index in [9.17, 15) is 13.2 Å². The third-order valence-corrected chi connectivity index (χ3v) is 3.59. The largest absolute Gasteiger partial charge is 0.488 e. The maximum Gasteiger partial charge on any atom is 0.416 e. The van der Waals surface area contributed by atoms with E-state index in [4.69, 9.17) is 4.74 Å². The number of aromatic nitrogens is 1. The fraction of sp³-hybridized carbons (Fsp3) is 0.312. The fourth-order valence-electron chi connectivity index (χ4n) is 2.51. The summed E-state index contributed by atoms with van der Waals surface area (Å²) in [6, 6.07) is 9.23. The van der Waals surface area contributed by atoms with Gasteiger partial charge in [-0.25, -0.2) is 0 Å². The fourth-order valence-corrected chi connectivity index (χ4v) is 2.51. The summed E-state index contributed by atoms with van der Waals surface area (Å²) in [6.45, 7) is 1.52. The highest BCUT2D eigenvalue weighted by atomic mass is 19.4. The van der Waals surface area contributed by atoms with Gasteiger partial charge in [0, 0.05) is 32.0 Å². The van der Waals surface area contributed by atoms with E-state index in [1.54, 1.807) is 30.6 Å². The minimum Gasteiger partial charge on any atom is -0.488 e. The van der Waals surface area contributed by atoms with Gasteiger partial charge in [-0.15, -0.1) is 0 Å². The minimum absolute atomic E-state index is 0.0143. The topological polar surface area (TPSA) is 25.4 Å². The molecule has 0 spiro atoms. The minimum atomic E-state index is -4.31. The lowest BCUT2D eigenvalue weighted by Crippen LogP contribution is -2.53. The van der Waals surface area contributed by atoms with Crippen molar-refractivity contribution in [1.82, 2.24) is 9.88 Å². The number of hydrogen-bond acceptors (Lipinski definition) is 3. The number of likely N-dealkylation sites (tertiary alicyclic amines) is 1. The lowest BCUT2D eigenvalue weighted by molar-refractivity contribution is -0.138. The molecule has 0 bridgehead atoms. The lowest BCUT2D eigenvalue weighted by Gasteiger charge is -2.39. The van der Waals surface area contributed by atoms with Gasteiger partial charge in [0.25, 0.3) is 0 Å². The predicted molar refractivity (Wildman–Crippen MR) is 75.4 cm³/mol. The van der Waals surface area contributed by atoms with Crippen molar-refractivity contribution in [3.8, 4) is 5.75 Å². The maximum absolute atomic E-state index is 12.9. The molecule has 0 atom stereocenters. The molecule has 1 aromatic carbocycles. The van der Waals surface area contributed by atoms with Crippen LogP contribution in [0.5, 0.6) is 5.75 Å². The zero-order chi connectivity index (χ0) is 15.6. The molecule has 1 aliphatic rings. The average Bonchev–Trinajstić information content (AvgIpc) is 2.45. The Hall–Kier alpha value is -2.08. The summed E-state index contributed by atoms with van der Waals surface area (Å²) in [5.41, 5.74) is -0.258. The molecule has 0 N–H and O–H groups in total. The quantitative estimate of drug-likeness (QED) is 0.866. The van der Waals surface area contributed by atoms with Crippen LogP contribution < -0.4 is 4.74 Å². The molecular weight excluding hydrogens is 293 g/mol. The number of nitrogens with zero attached hydrogens (tertiary/aromatic N) is 2. The molecule has 1 fully saturated rings. The molecule has 1 aromatic heterocycles. The van der Waals surface area contributed by atoms with Crippen molar-refractivity contribution in [2.45, 2.75) is 18.8 Å². The van der Waals surface area contributed by atoms with Crippen LogP contribution in [0.25, 0.3) is 0 Å². The Balaban J connectivity index is 1.57. The number of hydrogen-bond donors (Lipinski definition) is 0. The molecular formula is C16H15F3N2O. The van der Waals surface area contributed by atoms with E-state index >= 15 is 0 Å². The van der Waals surface area contributed by atoms with Crippen molar-refractivity contribution in [1.29, 1.82) is 0 Å². The zero-order valence-corrected chi connectivity index (χ0v) is 11.8. The average molecular weight is 308 g/mol. The van der Waals surface area contributed by atoms with Crippen molar-refractivity contribution < 1.29 is 17.9 Å². The van der Waals surface area contributed by atoms with Crippen LogP contribution in [0, 0.1) is 0 Å². The van der Waals surface area contributed by atoms with Crippen LogP contribution in [0.4, 0.5) is 13.2 Å². The molecule has 2 aromatic rings. The Kier molecular flexibility index (Phi) is 4.02. The van der Waals surface area contributed by atoms with Crippen LogP contribution in [0.3, 0.4) is 0 Å². The molecule has 22 heavy (non-hydrogen) atoms. The molecule has 2 heterocycles. The summed E-state index contributed by atoms with van der Waals surface area (Å²) in [4.78, 5) is 5.84. The third-order valence-electron chi connectivity index (χ3n) is 3.59. The first-order valence-electron chi connectivity index (χ1n) is 6.96. The predicted octanol–water partition coefficient (Wildman–Crippen LogP) is 3.36. The monoisotopic (exact) mass is 308 g/mol. The summed E-state index contributed by atoms with van der Waals surface area (Å²) in [7, 11) is 0. The van der Waals surface area contributed by atoms with E-state index in [0.717, 1.165) is 11.8 Å². The number of rotatable bonds is 4. The summed E-state index contributed by atoms with van der Waals surface area (Å²) >= 11 is 0. The van der Waals surface area contributed by atoms with Gasteiger partial charge in [-0.3, -0.25) is 9.88 Å². The van der Waals surface area contributed by atoms with E-state index in [1.807, 2.05) is 4.90 Å². The van der Waals surface area contributed by atoms with Gasteiger partial charge in [-0.05, 0) is 23.8 Å². The second kappa shape index (κ2) is 5.96. The van der Waals surface area contributed by atoms with Crippen LogP contribution in [0.2, 0.25) is 0 Å². The van der Waals surface area contributed by atoms with Gasteiger partial charge in [-0.1, -0.05) is 18.2 Å². The summed E-state index contributed by atoms with van der Waals surface area (Å²) in [5.74, 6) is 0.732. The zero-order valence-electron chi connectivity index (χ0n) is 11.8. The summed E-state index contributed by atoms with van der Waals surface area (Å²) in [5, 5.41) is 0. The molecule has 3 nitrogen and oxygen atoms in total. The van der Waals surface area contributed by atoms with Gasteiger partial charge in [0.1, 0.15) is 11.9 Å². The Bertz CT molecular complexity index is 625. The van der Waals surface area contributed by atoms with Crippen LogP contribution in [0.1, 0.15) is 11.1 Å². The Morgan fingerprint density at radius 1 is 1.09 bits per heavy atom. The molecule has 3 rings (SSSR count). The van der Waals surface area contributed by atoms with E-state index in [2.05, 4.69) is 4.98 Å². The van der Waals surface area contributed by atoms with Crippen LogP contribution in [0.15, 0.2) is 48.8 Å². The second-order valence-electron chi connectivity index (χ2n) is 5.27. The first-order valence-corrected chi connectivity index (χ1v) is 6.96. The van der Waals surface area contributed by atoms with Crippen LogP contribution in [-0.2, 0) is 12.7 Å². The highest BCUT2D eigenvalue weighted by Gasteiger charge is 2.35. The van der Waals surface area contributed by atoms with Gasteiger partial charge in [-0.2, -0.15) is 13.2 Å². The molecule has 1 aliphatic heterocycles. The van der Waals surface area contributed by atoms with E-state index < -0.39 is 11.7 Å². The van der Waals surface area contributed by atoms with Crippen molar-refractivity contribution in [3.63, 3.8) is 0 Å². The number of ether oxygens (including phenoxy) is 1. The summed E-state index contributed by atoms with van der Waals surface area (Å²) in [6.07, 6.45) is -1.01. The molecule has 0 amide bonds. The smallest absolute Gasteiger partial charge is 0.416 e. The molecule has 116 valence electrons. The van der Waals surface area contributed by atoms with Crippen molar-refractivity contribution >= 4 is 0 Å². The lowest BCUT2D eigenvalue weighted by atomic mass is 10.0. The van der Waals surface area contributed by atoms with E-state index in [1.165, 1.54) is 12.1 Å². The van der Waals surface area contributed by atoms with E-state index in [0.29, 0.717) is 18.7 Å². The highest BCUT2D eigenvalue weighted by molar-refractivity contribution is 5.30. The number of benzene rings is 1. The molecule has 6 heteroatoms. The molecule has 0 radical (unpaired) electrons. The van der Waals surface area contributed by atoms with E-state index in [-0.39, 0.29) is 12.6 Å². The Morgan fingerprint density at radius 3 is 2.45 bits per heavy atom. The molecule has 0 unspecified atom stereocenters. The number of pyridine rings is 1. The molecule has 0 saturated carbocycles. The maximum atomic E-state index is 12.9. The van der Waals surface area contributed by atoms with Crippen molar-refractivity contribution in [2.24, 2.45) is 0 Å². The summed E-state index contributed by atoms with van der Waals surface area (Å²) < 4.78 is 44.5. The van der Waals surface area contributed by atoms with Gasteiger partial charge < -0.3 is 4.74 Å². The number of alkyl halides is 3. The van der Waals surface area contributed by atoms with Gasteiger partial charge >= 0.3 is 6.18 Å². The van der Waals surface area contributed by atoms with Crippen molar-refractivity contribution in [2.75, 3.05) is 13.1 Å². The number of halogens is 3. The first kappa shape index (κ1) is 14.8. The second-order valence-corrected chi connectivity index (χ2v) is 5.27. The van der Waals surface area contributed by atoms with Crippen LogP contribution >= 0.6 is 0 Å². The van der Waals surface area contributed by atoms with Crippen LogP contribution in [-0.4, -0.2) is 29.1 Å². The SMILES string of the molecule is FC(F)(F)c1ccccc1CN1CC(Oc2ccncc2)C1. The van der Waals surface area contributed by atoms with Gasteiger partial charge in [0.05, 0.1) is 5.56 Å². The normalized spacial score (nSPS) is 16.3.